The molecule has 1 aliphatic heterocycles. The maximum absolute atomic E-state index is 9.47. The molecule has 8 heteroatoms. The summed E-state index contributed by atoms with van der Waals surface area (Å²) in [5, 5.41) is 12.6. The first kappa shape index (κ1) is 18.2. The molecule has 2 heterocycles. The molecule has 5 rings (SSSR count). The van der Waals surface area contributed by atoms with E-state index in [2.05, 4.69) is 21.0 Å². The van der Waals surface area contributed by atoms with Crippen LogP contribution in [-0.2, 0) is 18.0 Å². The number of aromatic hydroxyl groups is 1. The van der Waals surface area contributed by atoms with Gasteiger partial charge in [0.15, 0.2) is 11.0 Å². The molecule has 0 radical (unpaired) electrons. The van der Waals surface area contributed by atoms with E-state index in [0.29, 0.717) is 29.2 Å². The maximum atomic E-state index is 9.47. The van der Waals surface area contributed by atoms with Gasteiger partial charge in [-0.25, -0.2) is 4.98 Å². The zero-order chi connectivity index (χ0) is 20.0. The van der Waals surface area contributed by atoms with Crippen LogP contribution in [0.25, 0.3) is 22.2 Å². The lowest BCUT2D eigenvalue weighted by molar-refractivity contribution is 0.103. The van der Waals surface area contributed by atoms with Crippen LogP contribution in [0.3, 0.4) is 0 Å². The van der Waals surface area contributed by atoms with Crippen molar-refractivity contribution >= 4 is 40.1 Å². The standard InChI is InChI=1S/C21H15ClN4O2S/c22-16-8-12-10-28-9-11-2-1-3-15(17(11)12)18(16)19-24-20(23)26-21(25-19)29-14-6-4-13(27)5-7-14/h1-8,27H,9-10H2,(H2,23,24,25,26). The minimum absolute atomic E-state index is 0.121. The van der Waals surface area contributed by atoms with Gasteiger partial charge >= 0.3 is 0 Å². The fourth-order valence-corrected chi connectivity index (χ4v) is 4.57. The Balaban J connectivity index is 1.66. The Labute approximate surface area is 175 Å². The van der Waals surface area contributed by atoms with Crippen LogP contribution in [0.2, 0.25) is 5.02 Å². The Morgan fingerprint density at radius 3 is 2.62 bits per heavy atom. The molecular weight excluding hydrogens is 408 g/mol. The number of nitrogens with two attached hydrogens (primary N) is 1. The zero-order valence-electron chi connectivity index (χ0n) is 15.1. The fourth-order valence-electron chi connectivity index (χ4n) is 3.50. The number of benzene rings is 3. The first-order valence-electron chi connectivity index (χ1n) is 8.88. The molecule has 0 spiro atoms. The molecule has 6 nitrogen and oxygen atoms in total. The van der Waals surface area contributed by atoms with Gasteiger partial charge in [-0.2, -0.15) is 9.97 Å². The van der Waals surface area contributed by atoms with E-state index in [-0.39, 0.29) is 11.7 Å². The van der Waals surface area contributed by atoms with Gasteiger partial charge in [-0.3, -0.25) is 0 Å². The average Bonchev–Trinajstić information content (AvgIpc) is 2.70. The van der Waals surface area contributed by atoms with E-state index >= 15 is 0 Å². The molecular formula is C21H15ClN4O2S. The van der Waals surface area contributed by atoms with Gasteiger partial charge < -0.3 is 15.6 Å². The van der Waals surface area contributed by atoms with Crippen molar-refractivity contribution < 1.29 is 9.84 Å². The summed E-state index contributed by atoms with van der Waals surface area (Å²) >= 11 is 7.99. The van der Waals surface area contributed by atoms with Crippen molar-refractivity contribution in [2.75, 3.05) is 5.73 Å². The zero-order valence-corrected chi connectivity index (χ0v) is 16.7. The summed E-state index contributed by atoms with van der Waals surface area (Å²) in [5.41, 5.74) is 8.88. The van der Waals surface area contributed by atoms with E-state index in [0.717, 1.165) is 32.4 Å². The van der Waals surface area contributed by atoms with Crippen molar-refractivity contribution in [2.45, 2.75) is 23.3 Å². The van der Waals surface area contributed by atoms with E-state index in [1.807, 2.05) is 18.2 Å². The molecule has 1 aliphatic rings. The van der Waals surface area contributed by atoms with Crippen LogP contribution in [0.15, 0.2) is 58.6 Å². The van der Waals surface area contributed by atoms with Crippen molar-refractivity contribution in [3.8, 4) is 17.1 Å². The predicted molar refractivity (Wildman–Crippen MR) is 113 cm³/mol. The second-order valence-electron chi connectivity index (χ2n) is 6.62. The van der Waals surface area contributed by atoms with E-state index in [4.69, 9.17) is 22.1 Å². The van der Waals surface area contributed by atoms with Crippen LogP contribution in [-0.4, -0.2) is 20.1 Å². The lowest BCUT2D eigenvalue weighted by Crippen LogP contribution is -2.06. The number of nitrogen functional groups attached to an aromatic ring is 1. The van der Waals surface area contributed by atoms with Crippen LogP contribution < -0.4 is 5.73 Å². The summed E-state index contributed by atoms with van der Waals surface area (Å²) in [5.74, 6) is 0.750. The number of phenols is 1. The summed E-state index contributed by atoms with van der Waals surface area (Å²) in [6, 6.07) is 14.8. The second-order valence-corrected chi connectivity index (χ2v) is 8.07. The highest BCUT2D eigenvalue weighted by molar-refractivity contribution is 7.99. The Morgan fingerprint density at radius 2 is 1.79 bits per heavy atom. The Morgan fingerprint density at radius 1 is 1.00 bits per heavy atom. The molecule has 1 aromatic heterocycles. The lowest BCUT2D eigenvalue weighted by atomic mass is 9.94. The number of rotatable bonds is 3. The monoisotopic (exact) mass is 422 g/mol. The fraction of sp³-hybridized carbons (Fsp3) is 0.0952. The quantitative estimate of drug-likeness (QED) is 0.489. The molecule has 0 amide bonds. The van der Waals surface area contributed by atoms with Gasteiger partial charge in [0.25, 0.3) is 0 Å². The van der Waals surface area contributed by atoms with Gasteiger partial charge in [-0.1, -0.05) is 29.8 Å². The number of aromatic nitrogens is 3. The Kier molecular flexibility index (Phi) is 4.50. The number of ether oxygens (including phenoxy) is 1. The predicted octanol–water partition coefficient (Wildman–Crippen LogP) is 4.81. The van der Waals surface area contributed by atoms with E-state index in [1.165, 1.54) is 11.8 Å². The van der Waals surface area contributed by atoms with Crippen molar-refractivity contribution in [3.05, 3.63) is 64.7 Å². The molecule has 0 fully saturated rings. The molecule has 0 atom stereocenters. The SMILES string of the molecule is Nc1nc(Sc2ccc(O)cc2)nc(-c2c(Cl)cc3c4c(cccc24)COC3)n1. The van der Waals surface area contributed by atoms with Gasteiger partial charge in [-0.15, -0.1) is 0 Å². The Bertz CT molecular complexity index is 1250. The minimum Gasteiger partial charge on any atom is -0.508 e. The maximum Gasteiger partial charge on any atom is 0.224 e. The molecule has 144 valence electrons. The average molecular weight is 423 g/mol. The summed E-state index contributed by atoms with van der Waals surface area (Å²) in [6.45, 7) is 1.08. The topological polar surface area (TPSA) is 94.2 Å². The van der Waals surface area contributed by atoms with Crippen molar-refractivity contribution in [1.82, 2.24) is 15.0 Å². The van der Waals surface area contributed by atoms with Crippen LogP contribution in [0, 0.1) is 0 Å². The minimum atomic E-state index is 0.121. The molecule has 29 heavy (non-hydrogen) atoms. The first-order valence-corrected chi connectivity index (χ1v) is 10.1. The van der Waals surface area contributed by atoms with Crippen LogP contribution in [0.5, 0.6) is 5.75 Å². The number of nitrogens with zero attached hydrogens (tertiary/aromatic N) is 3. The highest BCUT2D eigenvalue weighted by atomic mass is 35.5. The molecule has 3 aromatic carbocycles. The van der Waals surface area contributed by atoms with Crippen LogP contribution in [0.4, 0.5) is 5.95 Å². The lowest BCUT2D eigenvalue weighted by Gasteiger charge is -2.20. The highest BCUT2D eigenvalue weighted by Gasteiger charge is 2.21. The summed E-state index contributed by atoms with van der Waals surface area (Å²) < 4.78 is 5.66. The van der Waals surface area contributed by atoms with Crippen molar-refractivity contribution in [1.29, 1.82) is 0 Å². The third-order valence-corrected chi connectivity index (χ3v) is 5.87. The van der Waals surface area contributed by atoms with Gasteiger partial charge in [0, 0.05) is 10.5 Å². The van der Waals surface area contributed by atoms with Crippen molar-refractivity contribution in [2.24, 2.45) is 0 Å². The largest absolute Gasteiger partial charge is 0.508 e. The molecule has 0 unspecified atom stereocenters. The van der Waals surface area contributed by atoms with Gasteiger partial charge in [0.05, 0.1) is 18.2 Å². The van der Waals surface area contributed by atoms with Gasteiger partial charge in [-0.05, 0) is 64.0 Å². The molecule has 0 bridgehead atoms. The number of anilines is 1. The normalized spacial score (nSPS) is 13.0. The third kappa shape index (κ3) is 3.37. The molecule has 0 aliphatic carbocycles. The Hall–Kier alpha value is -2.87. The molecule has 0 saturated carbocycles. The van der Waals surface area contributed by atoms with Gasteiger partial charge in [0.1, 0.15) is 5.75 Å². The molecule has 4 aromatic rings. The number of phenolic OH excluding ortho intramolecular Hbond substituents is 1. The van der Waals surface area contributed by atoms with Crippen LogP contribution in [0.1, 0.15) is 11.1 Å². The highest BCUT2D eigenvalue weighted by Crippen LogP contribution is 2.40. The third-order valence-electron chi connectivity index (χ3n) is 4.70. The molecule has 3 N–H and O–H groups in total. The summed E-state index contributed by atoms with van der Waals surface area (Å²) in [7, 11) is 0. The van der Waals surface area contributed by atoms with Gasteiger partial charge in [0.2, 0.25) is 5.95 Å². The van der Waals surface area contributed by atoms with E-state index in [1.54, 1.807) is 24.3 Å². The second kappa shape index (κ2) is 7.18. The van der Waals surface area contributed by atoms with E-state index in [9.17, 15) is 5.11 Å². The van der Waals surface area contributed by atoms with Crippen LogP contribution >= 0.6 is 23.4 Å². The summed E-state index contributed by atoms with van der Waals surface area (Å²) in [6.07, 6.45) is 0. The first-order chi connectivity index (χ1) is 14.1. The smallest absolute Gasteiger partial charge is 0.224 e. The number of hydrogen-bond donors (Lipinski definition) is 2. The number of hydrogen-bond acceptors (Lipinski definition) is 7. The summed E-state index contributed by atoms with van der Waals surface area (Å²) in [4.78, 5) is 14.1. The molecule has 0 saturated heterocycles. The van der Waals surface area contributed by atoms with E-state index < -0.39 is 0 Å². The number of halogens is 1. The van der Waals surface area contributed by atoms with Crippen molar-refractivity contribution in [3.63, 3.8) is 0 Å².